The third-order valence-electron chi connectivity index (χ3n) is 6.22. The summed E-state index contributed by atoms with van der Waals surface area (Å²) in [6, 6.07) is 7.50. The van der Waals surface area contributed by atoms with Crippen LogP contribution in [0.2, 0.25) is 0 Å². The molecule has 2 aromatic carbocycles. The summed E-state index contributed by atoms with van der Waals surface area (Å²) >= 11 is 0. The lowest BCUT2D eigenvalue weighted by Gasteiger charge is -2.37. The van der Waals surface area contributed by atoms with Crippen LogP contribution in [-0.4, -0.2) is 37.8 Å². The summed E-state index contributed by atoms with van der Waals surface area (Å²) in [4.78, 5) is 15.0. The van der Waals surface area contributed by atoms with Gasteiger partial charge in [-0.15, -0.1) is 10.2 Å². The van der Waals surface area contributed by atoms with E-state index in [0.717, 1.165) is 18.9 Å². The molecule has 0 bridgehead atoms. The monoisotopic (exact) mass is 439 g/mol. The molecule has 5 rings (SSSR count). The molecule has 32 heavy (non-hydrogen) atoms. The SMILES string of the molecule is Cc1nnc(-c2ccc(-c3cc(F)c(F)c4c3C(=O)N([C@H](C3CC3)C(C)(C)O)C4)cc2)o1. The summed E-state index contributed by atoms with van der Waals surface area (Å²) in [6.45, 7) is 4.94. The van der Waals surface area contributed by atoms with Crippen molar-refractivity contribution < 1.29 is 23.1 Å². The number of nitrogens with zero attached hydrogens (tertiary/aromatic N) is 3. The summed E-state index contributed by atoms with van der Waals surface area (Å²) in [7, 11) is 0. The highest BCUT2D eigenvalue weighted by Crippen LogP contribution is 2.45. The number of aliphatic hydroxyl groups is 1. The standard InChI is InChI=1S/C24H23F2N3O3/c1-12-27-28-22(32-12)15-8-4-13(5-9-15)16-10-18(25)20(26)17-11-29(23(30)19(16)17)21(14-6-7-14)24(2,3)31/h4-5,8-10,14,21,31H,6-7,11H2,1-3H3/t21-/m1/s1. The molecule has 1 aliphatic carbocycles. The Kier molecular flexibility index (Phi) is 4.67. The van der Waals surface area contributed by atoms with Gasteiger partial charge in [-0.3, -0.25) is 4.79 Å². The minimum absolute atomic E-state index is 0.0384. The van der Waals surface area contributed by atoms with Crippen LogP contribution >= 0.6 is 0 Å². The molecule has 0 spiro atoms. The molecule has 2 aliphatic rings. The Bertz CT molecular complexity index is 1210. The molecule has 8 heteroatoms. The number of hydrogen-bond acceptors (Lipinski definition) is 5. The highest BCUT2D eigenvalue weighted by atomic mass is 19.2. The maximum Gasteiger partial charge on any atom is 0.255 e. The van der Waals surface area contributed by atoms with Crippen LogP contribution in [-0.2, 0) is 6.54 Å². The van der Waals surface area contributed by atoms with Gasteiger partial charge in [-0.2, -0.15) is 0 Å². The predicted octanol–water partition coefficient (Wildman–Crippen LogP) is 4.50. The van der Waals surface area contributed by atoms with Crippen molar-refractivity contribution in [3.05, 3.63) is 59.0 Å². The van der Waals surface area contributed by atoms with E-state index in [0.29, 0.717) is 28.5 Å². The van der Waals surface area contributed by atoms with Crippen LogP contribution in [0, 0.1) is 24.5 Å². The van der Waals surface area contributed by atoms with Gasteiger partial charge in [0.15, 0.2) is 11.6 Å². The summed E-state index contributed by atoms with van der Waals surface area (Å²) < 4.78 is 34.7. The molecule has 1 amide bonds. The average molecular weight is 439 g/mol. The van der Waals surface area contributed by atoms with Crippen LogP contribution in [0.4, 0.5) is 8.78 Å². The number of amides is 1. The van der Waals surface area contributed by atoms with Crippen molar-refractivity contribution in [3.8, 4) is 22.6 Å². The molecule has 0 radical (unpaired) electrons. The maximum absolute atomic E-state index is 14.8. The molecule has 1 saturated carbocycles. The summed E-state index contributed by atoms with van der Waals surface area (Å²) in [5.74, 6) is -1.46. The summed E-state index contributed by atoms with van der Waals surface area (Å²) in [6.07, 6.45) is 1.80. The Labute approximate surface area is 183 Å². The van der Waals surface area contributed by atoms with Crippen LogP contribution in [0.25, 0.3) is 22.6 Å². The second-order valence-corrected chi connectivity index (χ2v) is 9.15. The Hall–Kier alpha value is -3.13. The number of rotatable bonds is 5. The van der Waals surface area contributed by atoms with Gasteiger partial charge in [0.05, 0.1) is 23.8 Å². The van der Waals surface area contributed by atoms with Gasteiger partial charge in [-0.25, -0.2) is 8.78 Å². The van der Waals surface area contributed by atoms with Crippen LogP contribution < -0.4 is 0 Å². The van der Waals surface area contributed by atoms with E-state index in [-0.39, 0.29) is 29.5 Å². The fourth-order valence-electron chi connectivity index (χ4n) is 4.74. The molecule has 6 nitrogen and oxygen atoms in total. The second-order valence-electron chi connectivity index (χ2n) is 9.15. The van der Waals surface area contributed by atoms with Crippen LogP contribution in [0.5, 0.6) is 0 Å². The molecule has 2 heterocycles. The number of benzene rings is 2. The number of carbonyl (C=O) groups is 1. The Morgan fingerprint density at radius 1 is 1.16 bits per heavy atom. The summed E-state index contributed by atoms with van der Waals surface area (Å²) in [5.41, 5.74) is 0.610. The van der Waals surface area contributed by atoms with Crippen molar-refractivity contribution in [1.29, 1.82) is 0 Å². The van der Waals surface area contributed by atoms with Crippen LogP contribution in [0.15, 0.2) is 34.7 Å². The van der Waals surface area contributed by atoms with E-state index in [1.54, 1.807) is 45.0 Å². The molecular formula is C24H23F2N3O3. The molecule has 0 unspecified atom stereocenters. The minimum Gasteiger partial charge on any atom is -0.421 e. The van der Waals surface area contributed by atoms with Gasteiger partial charge in [-0.1, -0.05) is 12.1 Å². The highest BCUT2D eigenvalue weighted by Gasteiger charge is 2.49. The fourth-order valence-corrected chi connectivity index (χ4v) is 4.74. The Morgan fingerprint density at radius 2 is 1.81 bits per heavy atom. The molecule has 1 aromatic heterocycles. The third-order valence-corrected chi connectivity index (χ3v) is 6.22. The van der Waals surface area contributed by atoms with Crippen molar-refractivity contribution in [2.75, 3.05) is 0 Å². The van der Waals surface area contributed by atoms with Crippen LogP contribution in [0.1, 0.15) is 48.5 Å². The average Bonchev–Trinajstić information content (AvgIpc) is 3.38. The van der Waals surface area contributed by atoms with E-state index in [9.17, 15) is 18.7 Å². The number of hydrogen-bond donors (Lipinski definition) is 1. The van der Waals surface area contributed by atoms with Gasteiger partial charge in [-0.05, 0) is 61.9 Å². The normalized spacial score (nSPS) is 17.1. The second kappa shape index (κ2) is 7.20. The first-order valence-electron chi connectivity index (χ1n) is 10.6. The Balaban J connectivity index is 1.56. The van der Waals surface area contributed by atoms with E-state index in [2.05, 4.69) is 10.2 Å². The highest BCUT2D eigenvalue weighted by molar-refractivity contribution is 6.05. The van der Waals surface area contributed by atoms with E-state index in [1.807, 2.05) is 0 Å². The van der Waals surface area contributed by atoms with E-state index >= 15 is 0 Å². The maximum atomic E-state index is 14.8. The third kappa shape index (κ3) is 3.39. The van der Waals surface area contributed by atoms with Gasteiger partial charge < -0.3 is 14.4 Å². The molecule has 1 N–H and O–H groups in total. The van der Waals surface area contributed by atoms with E-state index in [4.69, 9.17) is 4.42 Å². The fraction of sp³-hybridized carbons (Fsp3) is 0.375. The summed E-state index contributed by atoms with van der Waals surface area (Å²) in [5, 5.41) is 18.5. The van der Waals surface area contributed by atoms with E-state index in [1.165, 1.54) is 4.90 Å². The minimum atomic E-state index is -1.15. The Morgan fingerprint density at radius 3 is 2.38 bits per heavy atom. The van der Waals surface area contributed by atoms with Crippen LogP contribution in [0.3, 0.4) is 0 Å². The lowest BCUT2D eigenvalue weighted by Crippen LogP contribution is -2.51. The van der Waals surface area contributed by atoms with Gasteiger partial charge >= 0.3 is 0 Å². The quantitative estimate of drug-likeness (QED) is 0.634. The number of aryl methyl sites for hydroxylation is 1. The zero-order chi connectivity index (χ0) is 22.8. The van der Waals surface area contributed by atoms with E-state index < -0.39 is 23.3 Å². The van der Waals surface area contributed by atoms with Crippen molar-refractivity contribution in [1.82, 2.24) is 15.1 Å². The van der Waals surface area contributed by atoms with Gasteiger partial charge in [0.1, 0.15) is 0 Å². The van der Waals surface area contributed by atoms with Crippen molar-refractivity contribution in [3.63, 3.8) is 0 Å². The smallest absolute Gasteiger partial charge is 0.255 e. The van der Waals surface area contributed by atoms with Crippen molar-refractivity contribution in [2.45, 2.75) is 51.8 Å². The molecule has 1 aliphatic heterocycles. The molecular weight excluding hydrogens is 416 g/mol. The van der Waals surface area contributed by atoms with Crippen molar-refractivity contribution in [2.24, 2.45) is 5.92 Å². The zero-order valence-corrected chi connectivity index (χ0v) is 18.0. The van der Waals surface area contributed by atoms with Gasteiger partial charge in [0, 0.05) is 18.1 Å². The molecule has 0 saturated heterocycles. The lowest BCUT2D eigenvalue weighted by atomic mass is 9.92. The molecule has 1 fully saturated rings. The number of carbonyl (C=O) groups excluding carboxylic acids is 1. The molecule has 3 aromatic rings. The first-order valence-corrected chi connectivity index (χ1v) is 10.6. The number of fused-ring (bicyclic) bond motifs is 1. The molecule has 166 valence electrons. The first-order chi connectivity index (χ1) is 15.1. The lowest BCUT2D eigenvalue weighted by molar-refractivity contribution is -0.0225. The first kappa shape index (κ1) is 20.8. The number of halogens is 2. The van der Waals surface area contributed by atoms with Gasteiger partial charge in [0.2, 0.25) is 11.8 Å². The van der Waals surface area contributed by atoms with Gasteiger partial charge in [0.25, 0.3) is 5.91 Å². The van der Waals surface area contributed by atoms with Crippen molar-refractivity contribution >= 4 is 5.91 Å². The number of aromatic nitrogens is 2. The zero-order valence-electron chi connectivity index (χ0n) is 18.0. The topological polar surface area (TPSA) is 79.5 Å². The predicted molar refractivity (Wildman–Crippen MR) is 113 cm³/mol. The molecule has 1 atom stereocenters. The largest absolute Gasteiger partial charge is 0.421 e.